The van der Waals surface area contributed by atoms with Gasteiger partial charge < -0.3 is 24.3 Å². The standard InChI is InChI=1S/C16H23NO4/c1-18-16-13(15-11-17-7-10-20-15)3-2-4-14(16)21-12-5-8-19-9-6-12/h2-4,12,15,17H,5-11H2,1H3. The predicted molar refractivity (Wildman–Crippen MR) is 79.0 cm³/mol. The molecule has 2 saturated heterocycles. The molecule has 2 aliphatic heterocycles. The summed E-state index contributed by atoms with van der Waals surface area (Å²) in [4.78, 5) is 0. The topological polar surface area (TPSA) is 49.0 Å². The summed E-state index contributed by atoms with van der Waals surface area (Å²) in [5, 5.41) is 3.35. The minimum absolute atomic E-state index is 0.0203. The van der Waals surface area contributed by atoms with Crippen LogP contribution in [0.3, 0.4) is 0 Å². The zero-order valence-electron chi connectivity index (χ0n) is 12.5. The number of morpholine rings is 1. The average Bonchev–Trinajstić information content (AvgIpc) is 2.56. The van der Waals surface area contributed by atoms with Gasteiger partial charge in [0.2, 0.25) is 0 Å². The molecule has 0 spiro atoms. The van der Waals surface area contributed by atoms with E-state index in [4.69, 9.17) is 18.9 Å². The molecule has 1 aromatic carbocycles. The average molecular weight is 293 g/mol. The van der Waals surface area contributed by atoms with Crippen LogP contribution in [0.2, 0.25) is 0 Å². The lowest BCUT2D eigenvalue weighted by molar-refractivity contribution is 0.0204. The molecule has 0 radical (unpaired) electrons. The first kappa shape index (κ1) is 14.6. The summed E-state index contributed by atoms with van der Waals surface area (Å²) in [7, 11) is 1.69. The first-order valence-electron chi connectivity index (χ1n) is 7.62. The minimum Gasteiger partial charge on any atom is -0.492 e. The summed E-state index contributed by atoms with van der Waals surface area (Å²) < 4.78 is 22.9. The van der Waals surface area contributed by atoms with Crippen LogP contribution in [0.25, 0.3) is 0 Å². The molecule has 5 nitrogen and oxygen atoms in total. The lowest BCUT2D eigenvalue weighted by atomic mass is 10.1. The van der Waals surface area contributed by atoms with Gasteiger partial charge in [0.15, 0.2) is 11.5 Å². The fourth-order valence-electron chi connectivity index (χ4n) is 2.84. The molecule has 0 amide bonds. The lowest BCUT2D eigenvalue weighted by Gasteiger charge is -2.28. The van der Waals surface area contributed by atoms with E-state index in [9.17, 15) is 0 Å². The van der Waals surface area contributed by atoms with Crippen LogP contribution in [-0.2, 0) is 9.47 Å². The van der Waals surface area contributed by atoms with Gasteiger partial charge in [0.1, 0.15) is 6.10 Å². The minimum atomic E-state index is 0.0203. The largest absolute Gasteiger partial charge is 0.492 e. The monoisotopic (exact) mass is 293 g/mol. The van der Waals surface area contributed by atoms with Gasteiger partial charge in [-0.15, -0.1) is 0 Å². The van der Waals surface area contributed by atoms with Crippen LogP contribution >= 0.6 is 0 Å². The summed E-state index contributed by atoms with van der Waals surface area (Å²) >= 11 is 0. The van der Waals surface area contributed by atoms with E-state index in [1.165, 1.54) is 0 Å². The van der Waals surface area contributed by atoms with Crippen molar-refractivity contribution in [1.29, 1.82) is 0 Å². The molecule has 0 saturated carbocycles. The van der Waals surface area contributed by atoms with Crippen molar-refractivity contribution in [1.82, 2.24) is 5.32 Å². The molecule has 2 heterocycles. The van der Waals surface area contributed by atoms with Crippen LogP contribution < -0.4 is 14.8 Å². The zero-order valence-corrected chi connectivity index (χ0v) is 12.5. The van der Waals surface area contributed by atoms with Crippen molar-refractivity contribution < 1.29 is 18.9 Å². The van der Waals surface area contributed by atoms with E-state index < -0.39 is 0 Å². The van der Waals surface area contributed by atoms with Gasteiger partial charge in [-0.05, 0) is 6.07 Å². The Balaban J connectivity index is 1.79. The third-order valence-electron chi connectivity index (χ3n) is 3.95. The second-order valence-corrected chi connectivity index (χ2v) is 5.37. The van der Waals surface area contributed by atoms with Crippen molar-refractivity contribution >= 4 is 0 Å². The maximum absolute atomic E-state index is 6.13. The summed E-state index contributed by atoms with van der Waals surface area (Å²) in [6, 6.07) is 6.02. The molecule has 2 aliphatic rings. The summed E-state index contributed by atoms with van der Waals surface area (Å²) in [6.07, 6.45) is 2.07. The number of para-hydroxylation sites is 1. The molecule has 0 bridgehead atoms. The van der Waals surface area contributed by atoms with Gasteiger partial charge in [-0.2, -0.15) is 0 Å². The van der Waals surface area contributed by atoms with E-state index in [1.54, 1.807) is 7.11 Å². The molecule has 2 fully saturated rings. The Morgan fingerprint density at radius 3 is 2.76 bits per heavy atom. The Morgan fingerprint density at radius 1 is 1.19 bits per heavy atom. The maximum Gasteiger partial charge on any atom is 0.166 e. The fraction of sp³-hybridized carbons (Fsp3) is 0.625. The van der Waals surface area contributed by atoms with Crippen molar-refractivity contribution in [3.63, 3.8) is 0 Å². The SMILES string of the molecule is COc1c(OC2CCOCC2)cccc1C1CNCCO1. The number of hydrogen-bond acceptors (Lipinski definition) is 5. The molecular weight excluding hydrogens is 270 g/mol. The second kappa shape index (κ2) is 7.11. The highest BCUT2D eigenvalue weighted by molar-refractivity contribution is 5.48. The van der Waals surface area contributed by atoms with Gasteiger partial charge in [0.05, 0.1) is 33.0 Å². The van der Waals surface area contributed by atoms with Crippen LogP contribution in [0.5, 0.6) is 11.5 Å². The van der Waals surface area contributed by atoms with Crippen molar-refractivity contribution in [2.24, 2.45) is 0 Å². The Kier molecular flexibility index (Phi) is 4.95. The number of nitrogens with one attached hydrogen (secondary N) is 1. The molecule has 1 atom stereocenters. The molecule has 0 aromatic heterocycles. The first-order valence-corrected chi connectivity index (χ1v) is 7.62. The maximum atomic E-state index is 6.13. The van der Waals surface area contributed by atoms with E-state index in [2.05, 4.69) is 5.32 Å². The first-order chi connectivity index (χ1) is 10.4. The Morgan fingerprint density at radius 2 is 2.05 bits per heavy atom. The Hall–Kier alpha value is -1.30. The molecule has 0 aliphatic carbocycles. The van der Waals surface area contributed by atoms with Gasteiger partial charge in [-0.1, -0.05) is 12.1 Å². The molecular formula is C16H23NO4. The number of rotatable bonds is 4. The normalized spacial score (nSPS) is 23.8. The van der Waals surface area contributed by atoms with Gasteiger partial charge in [-0.3, -0.25) is 0 Å². The van der Waals surface area contributed by atoms with Crippen LogP contribution in [0.4, 0.5) is 0 Å². The lowest BCUT2D eigenvalue weighted by Crippen LogP contribution is -2.33. The molecule has 1 N–H and O–H groups in total. The van der Waals surface area contributed by atoms with Gasteiger partial charge in [-0.25, -0.2) is 0 Å². The molecule has 3 rings (SSSR count). The van der Waals surface area contributed by atoms with E-state index in [-0.39, 0.29) is 12.2 Å². The third kappa shape index (κ3) is 3.48. The van der Waals surface area contributed by atoms with E-state index in [0.29, 0.717) is 0 Å². The number of ether oxygens (including phenoxy) is 4. The quantitative estimate of drug-likeness (QED) is 0.919. The van der Waals surface area contributed by atoms with Crippen molar-refractivity contribution in [2.75, 3.05) is 40.0 Å². The highest BCUT2D eigenvalue weighted by atomic mass is 16.5. The van der Waals surface area contributed by atoms with Crippen molar-refractivity contribution in [3.8, 4) is 11.5 Å². The van der Waals surface area contributed by atoms with Crippen LogP contribution in [0.15, 0.2) is 18.2 Å². The summed E-state index contributed by atoms with van der Waals surface area (Å²) in [6.45, 7) is 3.96. The molecule has 116 valence electrons. The van der Waals surface area contributed by atoms with Crippen LogP contribution in [-0.4, -0.2) is 46.1 Å². The number of benzene rings is 1. The molecule has 21 heavy (non-hydrogen) atoms. The van der Waals surface area contributed by atoms with Crippen LogP contribution in [0.1, 0.15) is 24.5 Å². The molecule has 5 heteroatoms. The molecule has 1 unspecified atom stereocenters. The van der Waals surface area contributed by atoms with Gasteiger partial charge >= 0.3 is 0 Å². The van der Waals surface area contributed by atoms with Crippen molar-refractivity contribution in [3.05, 3.63) is 23.8 Å². The van der Waals surface area contributed by atoms with Crippen molar-refractivity contribution in [2.45, 2.75) is 25.0 Å². The molecule has 1 aromatic rings. The smallest absolute Gasteiger partial charge is 0.166 e. The highest BCUT2D eigenvalue weighted by Gasteiger charge is 2.24. The summed E-state index contributed by atoms with van der Waals surface area (Å²) in [5.41, 5.74) is 1.05. The Bertz CT molecular complexity index is 454. The van der Waals surface area contributed by atoms with E-state index >= 15 is 0 Å². The van der Waals surface area contributed by atoms with E-state index in [1.807, 2.05) is 18.2 Å². The Labute approximate surface area is 125 Å². The van der Waals surface area contributed by atoms with E-state index in [0.717, 1.165) is 62.8 Å². The third-order valence-corrected chi connectivity index (χ3v) is 3.95. The number of hydrogen-bond donors (Lipinski definition) is 1. The van der Waals surface area contributed by atoms with Gasteiger partial charge in [0.25, 0.3) is 0 Å². The van der Waals surface area contributed by atoms with Crippen LogP contribution in [0, 0.1) is 0 Å². The summed E-state index contributed by atoms with van der Waals surface area (Å²) in [5.74, 6) is 1.59. The predicted octanol–water partition coefficient (Wildman–Crippen LogP) is 1.91. The van der Waals surface area contributed by atoms with Gasteiger partial charge in [0, 0.05) is 31.5 Å². The fourth-order valence-corrected chi connectivity index (χ4v) is 2.84. The number of methoxy groups -OCH3 is 1. The zero-order chi connectivity index (χ0) is 14.5. The second-order valence-electron chi connectivity index (χ2n) is 5.37. The highest BCUT2D eigenvalue weighted by Crippen LogP contribution is 2.37.